The van der Waals surface area contributed by atoms with E-state index in [1.54, 1.807) is 19.1 Å². The van der Waals surface area contributed by atoms with Crippen LogP contribution < -0.4 is 10.2 Å². The molecule has 6 heteroatoms. The monoisotopic (exact) mass is 274 g/mol. The first-order valence-electron chi connectivity index (χ1n) is 6.03. The summed E-state index contributed by atoms with van der Waals surface area (Å²) in [5, 5.41) is 1.87. The maximum Gasteiger partial charge on any atom is 0.471 e. The number of alkyl halides is 3. The lowest BCUT2D eigenvalue weighted by Gasteiger charge is -2.22. The van der Waals surface area contributed by atoms with Gasteiger partial charge in [-0.1, -0.05) is 0 Å². The van der Waals surface area contributed by atoms with Crippen molar-refractivity contribution < 1.29 is 18.0 Å². The van der Waals surface area contributed by atoms with Gasteiger partial charge in [0, 0.05) is 24.5 Å². The van der Waals surface area contributed by atoms with Crippen molar-refractivity contribution in [3.63, 3.8) is 0 Å². The van der Waals surface area contributed by atoms with Crippen molar-refractivity contribution in [2.24, 2.45) is 0 Å². The maximum atomic E-state index is 12.2. The van der Waals surface area contributed by atoms with Crippen molar-refractivity contribution in [2.45, 2.75) is 26.9 Å². The predicted molar refractivity (Wildman–Crippen MR) is 69.4 cm³/mol. The highest BCUT2D eigenvalue weighted by molar-refractivity contribution is 5.95. The molecule has 0 spiro atoms. The van der Waals surface area contributed by atoms with Crippen LogP contribution in [0.4, 0.5) is 24.5 Å². The van der Waals surface area contributed by atoms with E-state index in [1.807, 2.05) is 19.2 Å². The molecule has 1 aromatic carbocycles. The Kier molecular flexibility index (Phi) is 4.80. The summed E-state index contributed by atoms with van der Waals surface area (Å²) in [5.74, 6) is -1.95. The zero-order valence-corrected chi connectivity index (χ0v) is 11.1. The van der Waals surface area contributed by atoms with Crippen molar-refractivity contribution in [2.75, 3.05) is 23.3 Å². The summed E-state index contributed by atoms with van der Waals surface area (Å²) >= 11 is 0. The SMILES string of the molecule is CCN(CC)c1ccc(NC(=O)C(F)(F)F)c(C)c1. The van der Waals surface area contributed by atoms with Gasteiger partial charge in [0.1, 0.15) is 0 Å². The van der Waals surface area contributed by atoms with Crippen LogP contribution in [0.15, 0.2) is 18.2 Å². The lowest BCUT2D eigenvalue weighted by Crippen LogP contribution is -2.30. The molecular weight excluding hydrogens is 257 g/mol. The minimum atomic E-state index is -4.87. The number of halogens is 3. The zero-order chi connectivity index (χ0) is 14.6. The van der Waals surface area contributed by atoms with Gasteiger partial charge >= 0.3 is 12.1 Å². The lowest BCUT2D eigenvalue weighted by atomic mass is 10.1. The Morgan fingerprint density at radius 1 is 1.26 bits per heavy atom. The number of benzene rings is 1. The Labute approximate surface area is 110 Å². The topological polar surface area (TPSA) is 32.3 Å². The van der Waals surface area contributed by atoms with Gasteiger partial charge in [0.05, 0.1) is 0 Å². The molecule has 0 aliphatic heterocycles. The second-order valence-corrected chi connectivity index (χ2v) is 4.12. The number of rotatable bonds is 4. The molecule has 0 aliphatic rings. The fourth-order valence-electron chi connectivity index (χ4n) is 1.77. The molecule has 0 saturated heterocycles. The van der Waals surface area contributed by atoms with E-state index in [0.29, 0.717) is 5.56 Å². The fraction of sp³-hybridized carbons (Fsp3) is 0.462. The number of nitrogens with one attached hydrogen (secondary N) is 1. The third-order valence-corrected chi connectivity index (χ3v) is 2.84. The molecule has 1 N–H and O–H groups in total. The van der Waals surface area contributed by atoms with E-state index in [4.69, 9.17) is 0 Å². The molecule has 19 heavy (non-hydrogen) atoms. The average molecular weight is 274 g/mol. The van der Waals surface area contributed by atoms with E-state index in [1.165, 1.54) is 6.07 Å². The van der Waals surface area contributed by atoms with Gasteiger partial charge in [0.25, 0.3) is 0 Å². The highest BCUT2D eigenvalue weighted by atomic mass is 19.4. The van der Waals surface area contributed by atoms with Crippen LogP contribution in [0, 0.1) is 6.92 Å². The summed E-state index contributed by atoms with van der Waals surface area (Å²) in [4.78, 5) is 12.9. The summed E-state index contributed by atoms with van der Waals surface area (Å²) in [6.07, 6.45) is -4.87. The summed E-state index contributed by atoms with van der Waals surface area (Å²) < 4.78 is 36.5. The van der Waals surface area contributed by atoms with Gasteiger partial charge in [-0.3, -0.25) is 4.79 Å². The normalized spacial score (nSPS) is 11.3. The van der Waals surface area contributed by atoms with Crippen LogP contribution in [0.2, 0.25) is 0 Å². The quantitative estimate of drug-likeness (QED) is 0.913. The Morgan fingerprint density at radius 3 is 2.26 bits per heavy atom. The zero-order valence-electron chi connectivity index (χ0n) is 11.1. The maximum absolute atomic E-state index is 12.2. The number of nitrogens with zero attached hydrogens (tertiary/aromatic N) is 1. The van der Waals surface area contributed by atoms with Gasteiger partial charge in [-0.25, -0.2) is 0 Å². The van der Waals surface area contributed by atoms with E-state index < -0.39 is 12.1 Å². The third kappa shape index (κ3) is 3.87. The second kappa shape index (κ2) is 5.95. The third-order valence-electron chi connectivity index (χ3n) is 2.84. The minimum absolute atomic E-state index is 0.179. The summed E-state index contributed by atoms with van der Waals surface area (Å²) in [6, 6.07) is 4.96. The number of carbonyl (C=O) groups is 1. The largest absolute Gasteiger partial charge is 0.471 e. The van der Waals surface area contributed by atoms with E-state index in [-0.39, 0.29) is 5.69 Å². The Morgan fingerprint density at radius 2 is 1.84 bits per heavy atom. The molecule has 106 valence electrons. The van der Waals surface area contributed by atoms with E-state index >= 15 is 0 Å². The number of hydrogen-bond acceptors (Lipinski definition) is 2. The van der Waals surface area contributed by atoms with Gasteiger partial charge in [-0.2, -0.15) is 13.2 Å². The molecule has 0 bridgehead atoms. The molecule has 0 fully saturated rings. The van der Waals surface area contributed by atoms with Gasteiger partial charge < -0.3 is 10.2 Å². The van der Waals surface area contributed by atoms with Crippen molar-refractivity contribution in [3.05, 3.63) is 23.8 Å². The second-order valence-electron chi connectivity index (χ2n) is 4.12. The molecule has 0 atom stereocenters. The van der Waals surface area contributed by atoms with Crippen LogP contribution in [-0.2, 0) is 4.79 Å². The first-order valence-corrected chi connectivity index (χ1v) is 6.03. The number of carbonyl (C=O) groups excluding carboxylic acids is 1. The van der Waals surface area contributed by atoms with Crippen LogP contribution >= 0.6 is 0 Å². The standard InChI is InChI=1S/C13H17F3N2O/c1-4-18(5-2)10-6-7-11(9(3)8-10)17-12(19)13(14,15)16/h6-8H,4-5H2,1-3H3,(H,17,19). The van der Waals surface area contributed by atoms with Crippen molar-refractivity contribution in [3.8, 4) is 0 Å². The van der Waals surface area contributed by atoms with E-state index in [2.05, 4.69) is 4.90 Å². The molecule has 0 aliphatic carbocycles. The van der Waals surface area contributed by atoms with Gasteiger partial charge in [-0.05, 0) is 44.5 Å². The minimum Gasteiger partial charge on any atom is -0.372 e. The molecule has 0 heterocycles. The van der Waals surface area contributed by atoms with Crippen LogP contribution in [0.5, 0.6) is 0 Å². The summed E-state index contributed by atoms with van der Waals surface area (Å²) in [7, 11) is 0. The first-order chi connectivity index (χ1) is 8.79. The number of amides is 1. The van der Waals surface area contributed by atoms with Crippen LogP contribution in [0.1, 0.15) is 19.4 Å². The molecule has 0 radical (unpaired) electrons. The molecule has 1 aromatic rings. The van der Waals surface area contributed by atoms with Crippen molar-refractivity contribution in [1.82, 2.24) is 0 Å². The van der Waals surface area contributed by atoms with Gasteiger partial charge in [0.2, 0.25) is 0 Å². The summed E-state index contributed by atoms with van der Waals surface area (Å²) in [5.41, 5.74) is 1.70. The van der Waals surface area contributed by atoms with Crippen LogP contribution in [-0.4, -0.2) is 25.2 Å². The molecule has 0 saturated carbocycles. The average Bonchev–Trinajstić information content (AvgIpc) is 2.32. The summed E-state index contributed by atoms with van der Waals surface area (Å²) in [6.45, 7) is 7.28. The predicted octanol–water partition coefficient (Wildman–Crippen LogP) is 3.34. The highest BCUT2D eigenvalue weighted by Crippen LogP contribution is 2.24. The van der Waals surface area contributed by atoms with Crippen molar-refractivity contribution >= 4 is 17.3 Å². The Bertz CT molecular complexity index is 454. The molecule has 1 amide bonds. The number of anilines is 2. The molecule has 0 aromatic heterocycles. The molecular formula is C13H17F3N2O. The van der Waals surface area contributed by atoms with Gasteiger partial charge in [0.15, 0.2) is 0 Å². The Hall–Kier alpha value is -1.72. The molecule has 0 unspecified atom stereocenters. The number of hydrogen-bond donors (Lipinski definition) is 1. The lowest BCUT2D eigenvalue weighted by molar-refractivity contribution is -0.167. The smallest absolute Gasteiger partial charge is 0.372 e. The van der Waals surface area contributed by atoms with Crippen LogP contribution in [0.3, 0.4) is 0 Å². The number of aryl methyl sites for hydroxylation is 1. The molecule has 1 rings (SSSR count). The Balaban J connectivity index is 2.92. The first kappa shape index (κ1) is 15.3. The van der Waals surface area contributed by atoms with Crippen molar-refractivity contribution in [1.29, 1.82) is 0 Å². The van der Waals surface area contributed by atoms with Gasteiger partial charge in [-0.15, -0.1) is 0 Å². The van der Waals surface area contributed by atoms with Crippen LogP contribution in [0.25, 0.3) is 0 Å². The molecule has 3 nitrogen and oxygen atoms in total. The highest BCUT2D eigenvalue weighted by Gasteiger charge is 2.38. The van der Waals surface area contributed by atoms with E-state index in [9.17, 15) is 18.0 Å². The van der Waals surface area contributed by atoms with E-state index in [0.717, 1.165) is 18.8 Å². The fourth-order valence-corrected chi connectivity index (χ4v) is 1.77.